The fourth-order valence-electron chi connectivity index (χ4n) is 6.14. The Hall–Kier alpha value is -3.89. The number of likely N-dealkylation sites (tertiary alicyclic amines) is 1. The first-order valence-electron chi connectivity index (χ1n) is 14.2. The van der Waals surface area contributed by atoms with E-state index in [1.54, 1.807) is 0 Å². The lowest BCUT2D eigenvalue weighted by Crippen LogP contribution is -2.30. The maximum atomic E-state index is 13.6. The van der Waals surface area contributed by atoms with Crippen LogP contribution in [0.15, 0.2) is 103 Å². The van der Waals surface area contributed by atoms with Gasteiger partial charge in [-0.1, -0.05) is 97.1 Å². The Labute approximate surface area is 231 Å². The van der Waals surface area contributed by atoms with Gasteiger partial charge in [-0.05, 0) is 64.8 Å². The maximum Gasteiger partial charge on any atom is 0.232 e. The fourth-order valence-corrected chi connectivity index (χ4v) is 6.14. The molecule has 2 aliphatic rings. The minimum atomic E-state index is -0.327. The minimum absolute atomic E-state index is 0.0370. The molecule has 1 amide bonds. The summed E-state index contributed by atoms with van der Waals surface area (Å²) in [6, 6.07) is 35.4. The summed E-state index contributed by atoms with van der Waals surface area (Å²) in [5, 5.41) is 3.28. The normalized spacial score (nSPS) is 16.7. The van der Waals surface area contributed by atoms with E-state index in [9.17, 15) is 4.79 Å². The molecule has 39 heavy (non-hydrogen) atoms. The molecule has 1 atom stereocenters. The predicted octanol–water partition coefficient (Wildman–Crippen LogP) is 6.10. The van der Waals surface area contributed by atoms with Crippen molar-refractivity contribution in [2.75, 3.05) is 26.2 Å². The summed E-state index contributed by atoms with van der Waals surface area (Å²) in [5.74, 6) is 1.26. The van der Waals surface area contributed by atoms with Crippen LogP contribution in [0, 0.1) is 0 Å². The van der Waals surface area contributed by atoms with Crippen molar-refractivity contribution in [1.29, 1.82) is 0 Å². The number of carbonyl (C=O) groups excluding carboxylic acids is 1. The Morgan fingerprint density at radius 1 is 0.897 bits per heavy atom. The van der Waals surface area contributed by atoms with E-state index >= 15 is 0 Å². The Bertz CT molecular complexity index is 1360. The third-order valence-corrected chi connectivity index (χ3v) is 8.22. The molecule has 4 aromatic carbocycles. The average Bonchev–Trinajstić information content (AvgIpc) is 3.66. The molecule has 198 valence electrons. The molecule has 0 aromatic heterocycles. The number of fused-ring (bicyclic) bond motifs is 1. The SMILES string of the molecule is O=C(NCc1ccccc1[C@@H]1CCN(CCc2ccc3c(c2)CCO3)C1)C(c1ccccc1)c1ccccc1. The minimum Gasteiger partial charge on any atom is -0.493 e. The van der Waals surface area contributed by atoms with Crippen LogP contribution in [0.2, 0.25) is 0 Å². The maximum absolute atomic E-state index is 13.6. The molecule has 2 aliphatic heterocycles. The third kappa shape index (κ3) is 5.91. The molecule has 4 aromatic rings. The first-order chi connectivity index (χ1) is 19.2. The summed E-state index contributed by atoms with van der Waals surface area (Å²) in [7, 11) is 0. The molecule has 4 heteroatoms. The standard InChI is InChI=1S/C35H36N2O2/c38-35(34(27-9-3-1-4-10-27)28-11-5-2-6-12-28)36-24-30-13-7-8-14-32(30)31-18-21-37(25-31)20-17-26-15-16-33-29(23-26)19-22-39-33/h1-16,23,31,34H,17-22,24-25H2,(H,36,38)/t31-/m1/s1. The van der Waals surface area contributed by atoms with Gasteiger partial charge in [-0.25, -0.2) is 0 Å². The zero-order chi connectivity index (χ0) is 26.4. The molecule has 1 N–H and O–H groups in total. The van der Waals surface area contributed by atoms with Crippen molar-refractivity contribution in [2.45, 2.75) is 37.6 Å². The van der Waals surface area contributed by atoms with Gasteiger partial charge in [0, 0.05) is 26.1 Å². The summed E-state index contributed by atoms with van der Waals surface area (Å²) in [6.07, 6.45) is 3.25. The monoisotopic (exact) mass is 516 g/mol. The van der Waals surface area contributed by atoms with Gasteiger partial charge in [0.25, 0.3) is 0 Å². The van der Waals surface area contributed by atoms with Gasteiger partial charge in [0.05, 0.1) is 12.5 Å². The number of ether oxygens (including phenoxy) is 1. The van der Waals surface area contributed by atoms with Gasteiger partial charge in [0.1, 0.15) is 5.75 Å². The molecule has 1 fully saturated rings. The third-order valence-electron chi connectivity index (χ3n) is 8.22. The van der Waals surface area contributed by atoms with Crippen molar-refractivity contribution in [2.24, 2.45) is 0 Å². The number of hydrogen-bond acceptors (Lipinski definition) is 3. The van der Waals surface area contributed by atoms with E-state index in [0.29, 0.717) is 12.5 Å². The van der Waals surface area contributed by atoms with E-state index in [0.717, 1.165) is 62.4 Å². The second-order valence-corrected chi connectivity index (χ2v) is 10.7. The zero-order valence-corrected chi connectivity index (χ0v) is 22.4. The predicted molar refractivity (Wildman–Crippen MR) is 156 cm³/mol. The van der Waals surface area contributed by atoms with Gasteiger partial charge in [0.2, 0.25) is 5.91 Å². The first-order valence-corrected chi connectivity index (χ1v) is 14.2. The van der Waals surface area contributed by atoms with Crippen molar-refractivity contribution >= 4 is 5.91 Å². The van der Waals surface area contributed by atoms with Crippen LogP contribution in [0.4, 0.5) is 0 Å². The number of rotatable bonds is 9. The van der Waals surface area contributed by atoms with E-state index in [1.807, 2.05) is 60.7 Å². The van der Waals surface area contributed by atoms with E-state index in [-0.39, 0.29) is 11.8 Å². The lowest BCUT2D eigenvalue weighted by Gasteiger charge is -2.20. The average molecular weight is 517 g/mol. The van der Waals surface area contributed by atoms with Crippen molar-refractivity contribution in [3.63, 3.8) is 0 Å². The highest BCUT2D eigenvalue weighted by Gasteiger charge is 2.27. The van der Waals surface area contributed by atoms with Crippen LogP contribution in [0.5, 0.6) is 5.75 Å². The van der Waals surface area contributed by atoms with Crippen LogP contribution < -0.4 is 10.1 Å². The summed E-state index contributed by atoms with van der Waals surface area (Å²) >= 11 is 0. The number of amides is 1. The fraction of sp³-hybridized carbons (Fsp3) is 0.286. The van der Waals surface area contributed by atoms with Gasteiger partial charge < -0.3 is 15.0 Å². The molecule has 6 rings (SSSR count). The molecule has 1 saturated heterocycles. The Morgan fingerprint density at radius 3 is 2.38 bits per heavy atom. The second kappa shape index (κ2) is 11.9. The molecule has 0 unspecified atom stereocenters. The highest BCUT2D eigenvalue weighted by atomic mass is 16.5. The number of nitrogens with one attached hydrogen (secondary N) is 1. The number of benzene rings is 4. The van der Waals surface area contributed by atoms with Crippen LogP contribution in [0.1, 0.15) is 51.6 Å². The zero-order valence-electron chi connectivity index (χ0n) is 22.4. The Kier molecular flexibility index (Phi) is 7.73. The summed E-state index contributed by atoms with van der Waals surface area (Å²) in [4.78, 5) is 16.2. The Morgan fingerprint density at radius 2 is 1.62 bits per heavy atom. The van der Waals surface area contributed by atoms with Crippen LogP contribution in [0.3, 0.4) is 0 Å². The van der Waals surface area contributed by atoms with Crippen LogP contribution in [-0.2, 0) is 24.2 Å². The van der Waals surface area contributed by atoms with E-state index < -0.39 is 0 Å². The Balaban J connectivity index is 1.10. The molecule has 4 nitrogen and oxygen atoms in total. The highest BCUT2D eigenvalue weighted by molar-refractivity contribution is 5.87. The molecular formula is C35H36N2O2. The van der Waals surface area contributed by atoms with Crippen molar-refractivity contribution in [3.8, 4) is 5.75 Å². The van der Waals surface area contributed by atoms with Gasteiger partial charge in [0.15, 0.2) is 0 Å². The molecular weight excluding hydrogens is 480 g/mol. The molecule has 0 spiro atoms. The van der Waals surface area contributed by atoms with E-state index in [1.165, 1.54) is 22.3 Å². The van der Waals surface area contributed by atoms with Crippen molar-refractivity contribution < 1.29 is 9.53 Å². The van der Waals surface area contributed by atoms with E-state index in [2.05, 4.69) is 52.7 Å². The summed E-state index contributed by atoms with van der Waals surface area (Å²) < 4.78 is 5.66. The molecule has 0 saturated carbocycles. The van der Waals surface area contributed by atoms with Crippen molar-refractivity contribution in [1.82, 2.24) is 10.2 Å². The number of hydrogen-bond donors (Lipinski definition) is 1. The smallest absolute Gasteiger partial charge is 0.232 e. The summed E-state index contributed by atoms with van der Waals surface area (Å²) in [6.45, 7) is 4.61. The van der Waals surface area contributed by atoms with Gasteiger partial charge >= 0.3 is 0 Å². The lowest BCUT2D eigenvalue weighted by atomic mass is 9.90. The largest absolute Gasteiger partial charge is 0.493 e. The lowest BCUT2D eigenvalue weighted by molar-refractivity contribution is -0.121. The van der Waals surface area contributed by atoms with Gasteiger partial charge in [-0.2, -0.15) is 0 Å². The molecule has 0 radical (unpaired) electrons. The topological polar surface area (TPSA) is 41.6 Å². The quantitative estimate of drug-likeness (QED) is 0.292. The van der Waals surface area contributed by atoms with Crippen LogP contribution in [-0.4, -0.2) is 37.0 Å². The van der Waals surface area contributed by atoms with Crippen molar-refractivity contribution in [3.05, 3.63) is 137 Å². The highest BCUT2D eigenvalue weighted by Crippen LogP contribution is 2.31. The van der Waals surface area contributed by atoms with Gasteiger partial charge in [-0.15, -0.1) is 0 Å². The van der Waals surface area contributed by atoms with Gasteiger partial charge in [-0.3, -0.25) is 4.79 Å². The van der Waals surface area contributed by atoms with E-state index in [4.69, 9.17) is 4.74 Å². The molecule has 2 heterocycles. The molecule has 0 bridgehead atoms. The summed E-state index contributed by atoms with van der Waals surface area (Å²) in [5.41, 5.74) is 7.36. The van der Waals surface area contributed by atoms with Crippen LogP contribution in [0.25, 0.3) is 0 Å². The van der Waals surface area contributed by atoms with Crippen LogP contribution >= 0.6 is 0 Å². The number of nitrogens with zero attached hydrogens (tertiary/aromatic N) is 1. The molecule has 0 aliphatic carbocycles. The second-order valence-electron chi connectivity index (χ2n) is 10.7. The number of carbonyl (C=O) groups is 1. The first kappa shape index (κ1) is 25.4.